The van der Waals surface area contributed by atoms with Gasteiger partial charge >= 0.3 is 0 Å². The molecule has 0 fully saturated rings. The highest BCUT2D eigenvalue weighted by Gasteiger charge is 2.04. The van der Waals surface area contributed by atoms with Crippen LogP contribution >= 0.6 is 0 Å². The average Bonchev–Trinajstić information content (AvgIpc) is 1.98. The summed E-state index contributed by atoms with van der Waals surface area (Å²) in [6, 6.07) is 0. The second kappa shape index (κ2) is 4.09. The van der Waals surface area contributed by atoms with E-state index in [1.54, 1.807) is 0 Å². The maximum Gasteiger partial charge on any atom is 0.222 e. The molecule has 0 atom stereocenters. The van der Waals surface area contributed by atoms with Crippen LogP contribution in [0.5, 0.6) is 0 Å². The summed E-state index contributed by atoms with van der Waals surface area (Å²) in [6.07, 6.45) is 0. The molecule has 7 heteroatoms. The van der Waals surface area contributed by atoms with Crippen molar-refractivity contribution in [3.05, 3.63) is 0 Å². The molecular formula is C4H10N6O. The minimum absolute atomic E-state index is 0.0417. The molecule has 0 rings (SSSR count). The first-order valence-corrected chi connectivity index (χ1v) is 2.71. The van der Waals surface area contributed by atoms with E-state index in [0.717, 1.165) is 0 Å². The van der Waals surface area contributed by atoms with Crippen LogP contribution in [0.15, 0.2) is 10.2 Å². The van der Waals surface area contributed by atoms with Crippen LogP contribution in [0.2, 0.25) is 0 Å². The number of amidine groups is 2. The van der Waals surface area contributed by atoms with Crippen molar-refractivity contribution in [2.24, 2.45) is 27.6 Å². The molecule has 0 aliphatic heterocycles. The van der Waals surface area contributed by atoms with E-state index < -0.39 is 0 Å². The molecule has 0 aliphatic rings. The molecule has 7 nitrogen and oxygen atoms in total. The lowest BCUT2D eigenvalue weighted by molar-refractivity contribution is -0.117. The normalized spacial score (nSPS) is 12.8. The third-order valence-electron chi connectivity index (χ3n) is 0.805. The Hall–Kier alpha value is -1.79. The van der Waals surface area contributed by atoms with Gasteiger partial charge in [-0.25, -0.2) is 0 Å². The molecule has 0 radical (unpaired) electrons. The Morgan fingerprint density at radius 3 is 2.18 bits per heavy atom. The van der Waals surface area contributed by atoms with E-state index >= 15 is 0 Å². The van der Waals surface area contributed by atoms with Gasteiger partial charge in [-0.2, -0.15) is 10.2 Å². The van der Waals surface area contributed by atoms with Gasteiger partial charge in [0, 0.05) is 6.92 Å². The molecular weight excluding hydrogens is 148 g/mol. The van der Waals surface area contributed by atoms with E-state index in [0.29, 0.717) is 0 Å². The summed E-state index contributed by atoms with van der Waals surface area (Å²) in [6.45, 7) is 1.29. The zero-order valence-electron chi connectivity index (χ0n) is 6.03. The average molecular weight is 158 g/mol. The van der Waals surface area contributed by atoms with Gasteiger partial charge in [0.2, 0.25) is 5.91 Å². The summed E-state index contributed by atoms with van der Waals surface area (Å²) in [7, 11) is 0. The summed E-state index contributed by atoms with van der Waals surface area (Å²) in [4.78, 5) is 10.4. The van der Waals surface area contributed by atoms with Crippen molar-refractivity contribution >= 4 is 17.6 Å². The van der Waals surface area contributed by atoms with Crippen molar-refractivity contribution in [1.82, 2.24) is 5.32 Å². The van der Waals surface area contributed by atoms with Gasteiger partial charge in [0.1, 0.15) is 0 Å². The Morgan fingerprint density at radius 2 is 1.91 bits per heavy atom. The van der Waals surface area contributed by atoms with Gasteiger partial charge in [0.25, 0.3) is 0 Å². The van der Waals surface area contributed by atoms with Crippen molar-refractivity contribution in [1.29, 1.82) is 0 Å². The number of carbonyl (C=O) groups excluding carboxylic acids is 1. The second-order valence-electron chi connectivity index (χ2n) is 1.67. The van der Waals surface area contributed by atoms with Crippen LogP contribution in [0.25, 0.3) is 0 Å². The molecule has 0 aromatic rings. The van der Waals surface area contributed by atoms with Gasteiger partial charge in [-0.15, -0.1) is 0 Å². The SMILES string of the molecule is CC(=O)NC(=NN)C(N)=NN. The monoisotopic (exact) mass is 158 g/mol. The first-order valence-electron chi connectivity index (χ1n) is 2.71. The first kappa shape index (κ1) is 9.21. The fourth-order valence-corrected chi connectivity index (χ4v) is 0.390. The minimum Gasteiger partial charge on any atom is -0.379 e. The van der Waals surface area contributed by atoms with Crippen LogP contribution in [0.4, 0.5) is 0 Å². The van der Waals surface area contributed by atoms with Crippen molar-refractivity contribution in [2.75, 3.05) is 0 Å². The predicted octanol–water partition coefficient (Wildman–Crippen LogP) is -2.37. The number of nitrogens with two attached hydrogens (primary N) is 3. The Morgan fingerprint density at radius 1 is 1.36 bits per heavy atom. The molecule has 7 N–H and O–H groups in total. The number of amides is 1. The van der Waals surface area contributed by atoms with E-state index in [-0.39, 0.29) is 17.6 Å². The standard InChI is InChI=1S/C4H10N6O/c1-2(11)8-4(10-7)3(5)9-6/h6-7H2,1H3,(H2,5,9)(H,8,10,11). The first-order chi connectivity index (χ1) is 5.11. The zero-order chi connectivity index (χ0) is 8.85. The number of hydrazone groups is 2. The number of carbonyl (C=O) groups is 1. The van der Waals surface area contributed by atoms with Gasteiger partial charge in [0.05, 0.1) is 0 Å². The molecule has 0 spiro atoms. The zero-order valence-corrected chi connectivity index (χ0v) is 6.03. The molecule has 0 aliphatic carbocycles. The Labute approximate surface area is 63.3 Å². The molecule has 0 heterocycles. The van der Waals surface area contributed by atoms with Crippen LogP contribution in [-0.4, -0.2) is 17.6 Å². The van der Waals surface area contributed by atoms with Crippen molar-refractivity contribution in [2.45, 2.75) is 6.92 Å². The fraction of sp³-hybridized carbons (Fsp3) is 0.250. The van der Waals surface area contributed by atoms with Gasteiger partial charge in [-0.05, 0) is 0 Å². The Bertz CT molecular complexity index is 207. The lowest BCUT2D eigenvalue weighted by atomic mass is 10.5. The topological polar surface area (TPSA) is 132 Å². The smallest absolute Gasteiger partial charge is 0.222 e. The molecule has 0 aromatic carbocycles. The number of rotatable bonds is 0. The molecule has 0 saturated heterocycles. The summed E-state index contributed by atoms with van der Waals surface area (Å²) in [5, 5.41) is 8.46. The number of nitrogens with zero attached hydrogens (tertiary/aromatic N) is 2. The third kappa shape index (κ3) is 3.04. The van der Waals surface area contributed by atoms with Gasteiger partial charge < -0.3 is 22.7 Å². The number of hydrogen-bond acceptors (Lipinski definition) is 5. The molecule has 0 bridgehead atoms. The number of nitrogens with one attached hydrogen (secondary N) is 1. The minimum atomic E-state index is -0.346. The molecule has 0 saturated carbocycles. The quantitative estimate of drug-likeness (QED) is 0.136. The lowest BCUT2D eigenvalue weighted by Crippen LogP contribution is -2.40. The van der Waals surface area contributed by atoms with Crippen molar-refractivity contribution in [3.8, 4) is 0 Å². The highest BCUT2D eigenvalue weighted by Crippen LogP contribution is 1.70. The number of hydrogen-bond donors (Lipinski definition) is 4. The van der Waals surface area contributed by atoms with Gasteiger partial charge in [-0.3, -0.25) is 4.79 Å². The second-order valence-corrected chi connectivity index (χ2v) is 1.67. The fourth-order valence-electron chi connectivity index (χ4n) is 0.390. The van der Waals surface area contributed by atoms with Crippen molar-refractivity contribution < 1.29 is 4.79 Å². The van der Waals surface area contributed by atoms with E-state index in [2.05, 4.69) is 15.5 Å². The molecule has 62 valence electrons. The van der Waals surface area contributed by atoms with E-state index in [1.807, 2.05) is 0 Å². The van der Waals surface area contributed by atoms with Crippen LogP contribution in [-0.2, 0) is 4.79 Å². The molecule has 11 heavy (non-hydrogen) atoms. The van der Waals surface area contributed by atoms with E-state index in [9.17, 15) is 4.79 Å². The Balaban J connectivity index is 4.32. The summed E-state index contributed by atoms with van der Waals surface area (Å²) < 4.78 is 0. The van der Waals surface area contributed by atoms with Gasteiger partial charge in [0.15, 0.2) is 11.7 Å². The molecule has 1 amide bonds. The van der Waals surface area contributed by atoms with Crippen LogP contribution in [0, 0.1) is 0 Å². The predicted molar refractivity (Wildman–Crippen MR) is 41.2 cm³/mol. The lowest BCUT2D eigenvalue weighted by Gasteiger charge is -2.01. The van der Waals surface area contributed by atoms with Crippen LogP contribution < -0.4 is 22.7 Å². The summed E-state index contributed by atoms with van der Waals surface area (Å²) in [5.74, 6) is 9.14. The molecule has 0 unspecified atom stereocenters. The van der Waals surface area contributed by atoms with Crippen LogP contribution in [0.1, 0.15) is 6.92 Å². The third-order valence-corrected chi connectivity index (χ3v) is 0.805. The highest BCUT2D eigenvalue weighted by atomic mass is 16.1. The highest BCUT2D eigenvalue weighted by molar-refractivity contribution is 6.41. The Kier molecular flexibility index (Phi) is 3.43. The van der Waals surface area contributed by atoms with Crippen LogP contribution in [0.3, 0.4) is 0 Å². The van der Waals surface area contributed by atoms with E-state index in [4.69, 9.17) is 17.4 Å². The maximum absolute atomic E-state index is 10.4. The van der Waals surface area contributed by atoms with Crippen molar-refractivity contribution in [3.63, 3.8) is 0 Å². The largest absolute Gasteiger partial charge is 0.379 e. The van der Waals surface area contributed by atoms with E-state index in [1.165, 1.54) is 6.92 Å². The summed E-state index contributed by atoms with van der Waals surface area (Å²) >= 11 is 0. The van der Waals surface area contributed by atoms with Gasteiger partial charge in [-0.1, -0.05) is 0 Å². The molecule has 0 aromatic heterocycles. The maximum atomic E-state index is 10.4. The summed E-state index contributed by atoms with van der Waals surface area (Å²) in [5.41, 5.74) is 5.18.